The van der Waals surface area contributed by atoms with Gasteiger partial charge in [0.15, 0.2) is 0 Å². The van der Waals surface area contributed by atoms with Gasteiger partial charge in [0.05, 0.1) is 16.1 Å². The molecule has 1 aromatic heterocycles. The molecule has 2 aromatic rings. The third-order valence-corrected chi connectivity index (χ3v) is 3.56. The summed E-state index contributed by atoms with van der Waals surface area (Å²) in [5.41, 5.74) is 5.19. The molecule has 0 fully saturated rings. The van der Waals surface area contributed by atoms with Crippen LogP contribution in [-0.4, -0.2) is 4.98 Å². The lowest BCUT2D eigenvalue weighted by molar-refractivity contribution is 1.27. The average Bonchev–Trinajstić information content (AvgIpc) is 2.57. The number of aryl methyl sites for hydroxylation is 2. The van der Waals surface area contributed by atoms with Gasteiger partial charge in [-0.25, -0.2) is 4.98 Å². The van der Waals surface area contributed by atoms with E-state index in [0.717, 1.165) is 21.8 Å². The summed E-state index contributed by atoms with van der Waals surface area (Å²) >= 11 is 7.71. The van der Waals surface area contributed by atoms with E-state index in [-0.39, 0.29) is 0 Å². The molecule has 2 rings (SSSR count). The molecule has 1 heterocycles. The van der Waals surface area contributed by atoms with Gasteiger partial charge < -0.3 is 0 Å². The van der Waals surface area contributed by atoms with Gasteiger partial charge in [-0.2, -0.15) is 0 Å². The number of hydrogen-bond donors (Lipinski definition) is 0. The number of nitrogens with zero attached hydrogens (tertiary/aromatic N) is 1. The van der Waals surface area contributed by atoms with Gasteiger partial charge in [0.25, 0.3) is 0 Å². The average molecular weight is 224 g/mol. The maximum absolute atomic E-state index is 6.07. The Morgan fingerprint density at radius 1 is 1.29 bits per heavy atom. The van der Waals surface area contributed by atoms with Crippen molar-refractivity contribution in [2.45, 2.75) is 13.8 Å². The minimum Gasteiger partial charge on any atom is -0.249 e. The van der Waals surface area contributed by atoms with Crippen molar-refractivity contribution >= 4 is 22.9 Å². The number of aromatic nitrogens is 1. The van der Waals surface area contributed by atoms with E-state index in [1.165, 1.54) is 4.88 Å². The van der Waals surface area contributed by atoms with E-state index < -0.39 is 0 Å². The predicted octanol–water partition coefficient (Wildman–Crippen LogP) is 4.08. The first-order valence-electron chi connectivity index (χ1n) is 4.35. The third-order valence-electron chi connectivity index (χ3n) is 2.18. The van der Waals surface area contributed by atoms with E-state index in [2.05, 4.69) is 11.1 Å². The van der Waals surface area contributed by atoms with Crippen molar-refractivity contribution in [2.24, 2.45) is 0 Å². The van der Waals surface area contributed by atoms with Crippen molar-refractivity contribution < 1.29 is 0 Å². The summed E-state index contributed by atoms with van der Waals surface area (Å²) in [6.07, 6.45) is 0. The van der Waals surface area contributed by atoms with Crippen LogP contribution in [0.25, 0.3) is 10.4 Å². The second-order valence-corrected chi connectivity index (χ2v) is 4.49. The zero-order valence-electron chi connectivity index (χ0n) is 8.04. The maximum atomic E-state index is 6.07. The van der Waals surface area contributed by atoms with Crippen molar-refractivity contribution in [3.05, 3.63) is 40.0 Å². The molecular weight excluding hydrogens is 214 g/mol. The summed E-state index contributed by atoms with van der Waals surface area (Å²) < 4.78 is 0. The third kappa shape index (κ3) is 1.68. The standard InChI is InChI=1S/C11H10ClNS/c1-7-3-4-9(5-10(7)12)11-8(2)13-6-14-11/h3-6H,1-2H3. The highest BCUT2D eigenvalue weighted by atomic mass is 35.5. The van der Waals surface area contributed by atoms with Crippen LogP contribution in [0.5, 0.6) is 0 Å². The Balaban J connectivity index is 2.53. The quantitative estimate of drug-likeness (QED) is 0.710. The first kappa shape index (κ1) is 9.69. The van der Waals surface area contributed by atoms with Crippen LogP contribution in [0.2, 0.25) is 5.02 Å². The fourth-order valence-corrected chi connectivity index (χ4v) is 2.30. The fourth-order valence-electron chi connectivity index (χ4n) is 1.31. The lowest BCUT2D eigenvalue weighted by Gasteiger charge is -2.02. The van der Waals surface area contributed by atoms with Crippen molar-refractivity contribution in [1.82, 2.24) is 4.98 Å². The number of halogens is 1. The molecule has 0 saturated carbocycles. The molecule has 0 radical (unpaired) electrons. The highest BCUT2D eigenvalue weighted by Crippen LogP contribution is 2.30. The minimum absolute atomic E-state index is 0.815. The Bertz CT molecular complexity index is 462. The molecule has 0 atom stereocenters. The van der Waals surface area contributed by atoms with Gasteiger partial charge in [0.1, 0.15) is 0 Å². The Morgan fingerprint density at radius 3 is 2.64 bits per heavy atom. The zero-order chi connectivity index (χ0) is 10.1. The molecule has 1 nitrogen and oxygen atoms in total. The van der Waals surface area contributed by atoms with Gasteiger partial charge in [0.2, 0.25) is 0 Å². The lowest BCUT2D eigenvalue weighted by atomic mass is 10.1. The molecule has 1 aromatic carbocycles. The number of hydrogen-bond acceptors (Lipinski definition) is 2. The summed E-state index contributed by atoms with van der Waals surface area (Å²) in [7, 11) is 0. The first-order chi connectivity index (χ1) is 6.68. The molecule has 0 bridgehead atoms. The summed E-state index contributed by atoms with van der Waals surface area (Å²) in [4.78, 5) is 5.42. The van der Waals surface area contributed by atoms with Gasteiger partial charge in [-0.3, -0.25) is 0 Å². The van der Waals surface area contributed by atoms with Crippen molar-refractivity contribution in [3.8, 4) is 10.4 Å². The number of rotatable bonds is 1. The highest BCUT2D eigenvalue weighted by molar-refractivity contribution is 7.13. The van der Waals surface area contributed by atoms with Gasteiger partial charge in [0, 0.05) is 5.02 Å². The van der Waals surface area contributed by atoms with Crippen LogP contribution in [0.15, 0.2) is 23.7 Å². The lowest BCUT2D eigenvalue weighted by Crippen LogP contribution is -1.80. The first-order valence-corrected chi connectivity index (χ1v) is 5.61. The summed E-state index contributed by atoms with van der Waals surface area (Å²) in [6, 6.07) is 6.12. The molecular formula is C11H10ClNS. The maximum Gasteiger partial charge on any atom is 0.0801 e. The molecule has 0 amide bonds. The second kappa shape index (κ2) is 3.71. The molecule has 3 heteroatoms. The largest absolute Gasteiger partial charge is 0.249 e. The SMILES string of the molecule is Cc1ccc(-c2scnc2C)cc1Cl. The Kier molecular flexibility index (Phi) is 2.57. The smallest absolute Gasteiger partial charge is 0.0801 e. The normalized spacial score (nSPS) is 10.5. The summed E-state index contributed by atoms with van der Waals surface area (Å²) in [6.45, 7) is 4.02. The predicted molar refractivity (Wildman–Crippen MR) is 62.0 cm³/mol. The molecule has 0 unspecified atom stereocenters. The van der Waals surface area contributed by atoms with Crippen LogP contribution in [0.4, 0.5) is 0 Å². The van der Waals surface area contributed by atoms with E-state index in [9.17, 15) is 0 Å². The topological polar surface area (TPSA) is 12.9 Å². The Morgan fingerprint density at radius 2 is 2.07 bits per heavy atom. The molecule has 0 saturated heterocycles. The van der Waals surface area contributed by atoms with E-state index in [1.54, 1.807) is 11.3 Å². The molecule has 0 N–H and O–H groups in total. The van der Waals surface area contributed by atoms with E-state index in [4.69, 9.17) is 11.6 Å². The monoisotopic (exact) mass is 223 g/mol. The van der Waals surface area contributed by atoms with Crippen LogP contribution in [0.1, 0.15) is 11.3 Å². The van der Waals surface area contributed by atoms with Gasteiger partial charge >= 0.3 is 0 Å². The molecule has 72 valence electrons. The Labute approximate surface area is 92.4 Å². The van der Waals surface area contributed by atoms with Crippen LogP contribution in [0, 0.1) is 13.8 Å². The molecule has 0 aliphatic heterocycles. The molecule has 14 heavy (non-hydrogen) atoms. The Hall–Kier alpha value is -0.860. The van der Waals surface area contributed by atoms with Crippen molar-refractivity contribution in [2.75, 3.05) is 0 Å². The fraction of sp³-hybridized carbons (Fsp3) is 0.182. The zero-order valence-corrected chi connectivity index (χ0v) is 9.62. The van der Waals surface area contributed by atoms with Crippen LogP contribution in [-0.2, 0) is 0 Å². The van der Waals surface area contributed by atoms with E-state index >= 15 is 0 Å². The van der Waals surface area contributed by atoms with Gasteiger partial charge in [-0.1, -0.05) is 23.7 Å². The number of benzene rings is 1. The van der Waals surface area contributed by atoms with Crippen molar-refractivity contribution in [3.63, 3.8) is 0 Å². The van der Waals surface area contributed by atoms with Gasteiger partial charge in [-0.05, 0) is 31.0 Å². The summed E-state index contributed by atoms with van der Waals surface area (Å²) in [5, 5.41) is 0.815. The van der Waals surface area contributed by atoms with E-state index in [1.807, 2.05) is 31.5 Å². The van der Waals surface area contributed by atoms with Crippen LogP contribution >= 0.6 is 22.9 Å². The van der Waals surface area contributed by atoms with E-state index in [0.29, 0.717) is 0 Å². The van der Waals surface area contributed by atoms with Crippen LogP contribution < -0.4 is 0 Å². The molecule has 0 aliphatic rings. The minimum atomic E-state index is 0.815. The number of thiazole rings is 1. The van der Waals surface area contributed by atoms with Gasteiger partial charge in [-0.15, -0.1) is 11.3 Å². The van der Waals surface area contributed by atoms with Crippen molar-refractivity contribution in [1.29, 1.82) is 0 Å². The summed E-state index contributed by atoms with van der Waals surface area (Å²) in [5.74, 6) is 0. The second-order valence-electron chi connectivity index (χ2n) is 3.23. The van der Waals surface area contributed by atoms with Crippen LogP contribution in [0.3, 0.4) is 0 Å². The highest BCUT2D eigenvalue weighted by Gasteiger charge is 2.05. The molecule has 0 aliphatic carbocycles. The molecule has 0 spiro atoms.